The number of piperidine rings is 2. The Bertz CT molecular complexity index is 500. The maximum Gasteiger partial charge on any atom is 0.241 e. The van der Waals surface area contributed by atoms with Crippen LogP contribution < -0.4 is 11.1 Å². The maximum absolute atomic E-state index is 12.3. The van der Waals surface area contributed by atoms with E-state index < -0.39 is 6.04 Å². The molecule has 1 aromatic heterocycles. The molecule has 2 aliphatic heterocycles. The molecule has 21 heavy (non-hydrogen) atoms. The number of aromatic nitrogens is 2. The van der Waals surface area contributed by atoms with Crippen molar-refractivity contribution in [3.05, 3.63) is 18.0 Å². The zero-order valence-corrected chi connectivity index (χ0v) is 12.8. The van der Waals surface area contributed by atoms with Crippen LogP contribution in [0.15, 0.2) is 12.4 Å². The second-order valence-corrected chi connectivity index (χ2v) is 6.51. The van der Waals surface area contributed by atoms with Crippen molar-refractivity contribution < 1.29 is 4.79 Å². The van der Waals surface area contributed by atoms with E-state index in [2.05, 4.69) is 22.4 Å². The lowest BCUT2D eigenvalue weighted by atomic mass is 9.82. The van der Waals surface area contributed by atoms with Gasteiger partial charge in [0.15, 0.2) is 0 Å². The Hall–Kier alpha value is -1.40. The summed E-state index contributed by atoms with van der Waals surface area (Å²) in [6, 6.07) is 0.847. The van der Waals surface area contributed by atoms with Gasteiger partial charge in [-0.1, -0.05) is 6.42 Å². The zero-order valence-electron chi connectivity index (χ0n) is 12.8. The van der Waals surface area contributed by atoms with E-state index >= 15 is 0 Å². The molecule has 0 aromatic carbocycles. The molecule has 3 heterocycles. The first-order valence-electron chi connectivity index (χ1n) is 7.81. The monoisotopic (exact) mass is 291 g/mol. The minimum absolute atomic E-state index is 0.0874. The van der Waals surface area contributed by atoms with Crippen LogP contribution in [0, 0.1) is 0 Å². The summed E-state index contributed by atoms with van der Waals surface area (Å²) in [5.74, 6) is -0.0874. The first-order chi connectivity index (χ1) is 10.0. The molecular weight excluding hydrogens is 266 g/mol. The van der Waals surface area contributed by atoms with Crippen molar-refractivity contribution in [3.8, 4) is 0 Å². The summed E-state index contributed by atoms with van der Waals surface area (Å²) >= 11 is 0. The first-order valence-corrected chi connectivity index (χ1v) is 7.81. The van der Waals surface area contributed by atoms with Crippen molar-refractivity contribution in [2.75, 3.05) is 7.05 Å². The Morgan fingerprint density at radius 2 is 2.05 bits per heavy atom. The zero-order chi connectivity index (χ0) is 15.0. The quantitative estimate of drug-likeness (QED) is 0.853. The van der Waals surface area contributed by atoms with E-state index in [1.54, 1.807) is 17.1 Å². The lowest BCUT2D eigenvalue weighted by molar-refractivity contribution is -0.124. The van der Waals surface area contributed by atoms with Crippen molar-refractivity contribution >= 4 is 5.91 Å². The Morgan fingerprint density at radius 3 is 2.62 bits per heavy atom. The number of hydrogen-bond acceptors (Lipinski definition) is 4. The number of hydrogen-bond donors (Lipinski definition) is 2. The van der Waals surface area contributed by atoms with Crippen LogP contribution >= 0.6 is 0 Å². The van der Waals surface area contributed by atoms with Gasteiger partial charge >= 0.3 is 0 Å². The summed E-state index contributed by atoms with van der Waals surface area (Å²) in [7, 11) is 4.04. The number of nitrogens with one attached hydrogen (secondary N) is 1. The van der Waals surface area contributed by atoms with Gasteiger partial charge in [-0.3, -0.25) is 9.48 Å². The van der Waals surface area contributed by atoms with Gasteiger partial charge in [0.25, 0.3) is 0 Å². The summed E-state index contributed by atoms with van der Waals surface area (Å²) in [5, 5.41) is 7.22. The molecule has 2 aliphatic rings. The van der Waals surface area contributed by atoms with Crippen LogP contribution in [0.1, 0.15) is 43.7 Å². The number of rotatable bonds is 3. The third-order valence-electron chi connectivity index (χ3n) is 5.05. The molecule has 1 amide bonds. The van der Waals surface area contributed by atoms with Gasteiger partial charge in [0.05, 0.1) is 6.20 Å². The predicted octanol–water partition coefficient (Wildman–Crippen LogP) is 0.551. The fourth-order valence-corrected chi connectivity index (χ4v) is 3.78. The molecule has 0 saturated carbocycles. The summed E-state index contributed by atoms with van der Waals surface area (Å²) in [6.07, 6.45) is 9.34. The molecule has 116 valence electrons. The highest BCUT2D eigenvalue weighted by Crippen LogP contribution is 2.32. The van der Waals surface area contributed by atoms with Crippen LogP contribution in [-0.2, 0) is 11.8 Å². The first kappa shape index (κ1) is 14.5. The van der Waals surface area contributed by atoms with Gasteiger partial charge in [0.1, 0.15) is 6.04 Å². The fraction of sp³-hybridized carbons (Fsp3) is 0.733. The number of carbonyl (C=O) groups excluding carboxylic acids is 1. The molecule has 3 rings (SSSR count). The number of fused-ring (bicyclic) bond motifs is 2. The highest BCUT2D eigenvalue weighted by molar-refractivity contribution is 5.83. The topological polar surface area (TPSA) is 76.2 Å². The molecule has 6 heteroatoms. The van der Waals surface area contributed by atoms with Gasteiger partial charge in [-0.15, -0.1) is 0 Å². The van der Waals surface area contributed by atoms with Gasteiger partial charge in [0, 0.05) is 36.9 Å². The van der Waals surface area contributed by atoms with Crippen LogP contribution in [0.25, 0.3) is 0 Å². The maximum atomic E-state index is 12.3. The molecule has 2 bridgehead atoms. The van der Waals surface area contributed by atoms with E-state index in [0.29, 0.717) is 12.1 Å². The number of aryl methyl sites for hydroxylation is 1. The van der Waals surface area contributed by atoms with E-state index in [-0.39, 0.29) is 11.9 Å². The van der Waals surface area contributed by atoms with E-state index in [1.807, 2.05) is 7.05 Å². The summed E-state index contributed by atoms with van der Waals surface area (Å²) in [5.41, 5.74) is 6.80. The number of carbonyl (C=O) groups is 1. The minimum Gasteiger partial charge on any atom is -0.352 e. The molecule has 0 aliphatic carbocycles. The Kier molecular flexibility index (Phi) is 3.99. The second-order valence-electron chi connectivity index (χ2n) is 6.51. The largest absolute Gasteiger partial charge is 0.352 e. The van der Waals surface area contributed by atoms with Crippen LogP contribution in [0.4, 0.5) is 0 Å². The van der Waals surface area contributed by atoms with Crippen molar-refractivity contribution in [2.45, 2.75) is 56.3 Å². The van der Waals surface area contributed by atoms with Crippen molar-refractivity contribution in [2.24, 2.45) is 12.8 Å². The Labute approximate surface area is 125 Å². The standard InChI is InChI=1S/C15H25N5O/c1-19-9-10(8-17-19)14(16)15(21)18-11-6-12-4-3-5-13(7-11)20(12)2/h8-9,11-14H,3-7,16H2,1-2H3,(H,18,21). The van der Waals surface area contributed by atoms with Crippen molar-refractivity contribution in [1.29, 1.82) is 0 Å². The minimum atomic E-state index is -0.627. The van der Waals surface area contributed by atoms with Crippen LogP contribution in [0.2, 0.25) is 0 Å². The van der Waals surface area contributed by atoms with Crippen molar-refractivity contribution in [3.63, 3.8) is 0 Å². The van der Waals surface area contributed by atoms with Crippen molar-refractivity contribution in [1.82, 2.24) is 20.0 Å². The molecule has 2 saturated heterocycles. The summed E-state index contributed by atoms with van der Waals surface area (Å²) < 4.78 is 1.67. The SMILES string of the molecule is CN1C2CCCC1CC(NC(=O)C(N)c1cnn(C)c1)C2. The Morgan fingerprint density at radius 1 is 1.38 bits per heavy atom. The lowest BCUT2D eigenvalue weighted by Gasteiger charge is -2.47. The van der Waals surface area contributed by atoms with Crippen LogP contribution in [-0.4, -0.2) is 45.8 Å². The number of nitrogens with zero attached hydrogens (tertiary/aromatic N) is 3. The average molecular weight is 291 g/mol. The van der Waals surface area contributed by atoms with Gasteiger partial charge in [0.2, 0.25) is 5.91 Å². The molecule has 3 atom stereocenters. The summed E-state index contributed by atoms with van der Waals surface area (Å²) in [4.78, 5) is 14.8. The van der Waals surface area contributed by atoms with Gasteiger partial charge in [-0.2, -0.15) is 5.10 Å². The third kappa shape index (κ3) is 2.96. The lowest BCUT2D eigenvalue weighted by Crippen LogP contribution is -2.56. The van der Waals surface area contributed by atoms with E-state index in [1.165, 1.54) is 19.3 Å². The smallest absolute Gasteiger partial charge is 0.241 e. The summed E-state index contributed by atoms with van der Waals surface area (Å²) in [6.45, 7) is 0. The van der Waals surface area contributed by atoms with Crippen LogP contribution in [0.3, 0.4) is 0 Å². The molecule has 2 fully saturated rings. The highest BCUT2D eigenvalue weighted by atomic mass is 16.2. The van der Waals surface area contributed by atoms with E-state index in [4.69, 9.17) is 5.73 Å². The predicted molar refractivity (Wildman–Crippen MR) is 80.5 cm³/mol. The normalized spacial score (nSPS) is 30.9. The molecule has 6 nitrogen and oxygen atoms in total. The molecule has 0 spiro atoms. The molecule has 1 aromatic rings. The Balaban J connectivity index is 1.60. The molecule has 3 N–H and O–H groups in total. The molecular formula is C15H25N5O. The average Bonchev–Trinajstić information content (AvgIpc) is 2.85. The van der Waals surface area contributed by atoms with Gasteiger partial charge in [-0.05, 0) is 32.7 Å². The molecule has 3 unspecified atom stereocenters. The highest BCUT2D eigenvalue weighted by Gasteiger charge is 2.36. The van der Waals surface area contributed by atoms with E-state index in [0.717, 1.165) is 18.4 Å². The third-order valence-corrected chi connectivity index (χ3v) is 5.05. The second kappa shape index (κ2) is 5.77. The van der Waals surface area contributed by atoms with Gasteiger partial charge < -0.3 is 16.0 Å². The number of nitrogens with two attached hydrogens (primary N) is 1. The molecule has 0 radical (unpaired) electrons. The number of amides is 1. The van der Waals surface area contributed by atoms with Gasteiger partial charge in [-0.25, -0.2) is 0 Å². The fourth-order valence-electron chi connectivity index (χ4n) is 3.78. The van der Waals surface area contributed by atoms with Crippen LogP contribution in [0.5, 0.6) is 0 Å². The van der Waals surface area contributed by atoms with E-state index in [9.17, 15) is 4.79 Å².